The van der Waals surface area contributed by atoms with E-state index in [1.807, 2.05) is 18.2 Å². The van der Waals surface area contributed by atoms with E-state index in [2.05, 4.69) is 17.5 Å². The maximum atomic E-state index is 8.85. The van der Waals surface area contributed by atoms with Gasteiger partial charge in [-0.2, -0.15) is 5.26 Å². The number of nitrogens with zero attached hydrogens (tertiary/aromatic N) is 1. The predicted molar refractivity (Wildman–Crippen MR) is 74.1 cm³/mol. The molecule has 1 fully saturated rings. The Bertz CT molecular complexity index is 398. The van der Waals surface area contributed by atoms with Crippen LogP contribution in [0.1, 0.15) is 49.7 Å². The number of nitriles is 1. The highest BCUT2D eigenvalue weighted by atomic mass is 14.9. The molecule has 0 bridgehead atoms. The molecule has 0 aliphatic heterocycles. The van der Waals surface area contributed by atoms with Gasteiger partial charge in [0.25, 0.3) is 0 Å². The zero-order valence-corrected chi connectivity index (χ0v) is 11.0. The zero-order valence-electron chi connectivity index (χ0n) is 11.0. The molecule has 0 unspecified atom stereocenters. The predicted octanol–water partition coefficient (Wildman–Crippen LogP) is 3.62. The average Bonchev–Trinajstić information content (AvgIpc) is 2.68. The first-order chi connectivity index (χ1) is 8.88. The summed E-state index contributed by atoms with van der Waals surface area (Å²) >= 11 is 0. The molecule has 0 amide bonds. The van der Waals surface area contributed by atoms with Gasteiger partial charge in [-0.1, -0.05) is 37.8 Å². The molecular formula is C16H22N2. The summed E-state index contributed by atoms with van der Waals surface area (Å²) in [6.07, 6.45) is 8.39. The molecule has 0 atom stereocenters. The van der Waals surface area contributed by atoms with Gasteiger partial charge in [0.2, 0.25) is 0 Å². The van der Waals surface area contributed by atoms with Crippen LogP contribution >= 0.6 is 0 Å². The monoisotopic (exact) mass is 242 g/mol. The summed E-state index contributed by atoms with van der Waals surface area (Å²) in [6, 6.07) is 10.1. The van der Waals surface area contributed by atoms with Crippen molar-refractivity contribution in [2.75, 3.05) is 6.54 Å². The minimum Gasteiger partial charge on any atom is -0.312 e. The van der Waals surface area contributed by atoms with E-state index in [1.165, 1.54) is 44.1 Å². The molecular weight excluding hydrogens is 220 g/mol. The smallest absolute Gasteiger partial charge is 0.0991 e. The Hall–Kier alpha value is -1.33. The van der Waals surface area contributed by atoms with Gasteiger partial charge in [0.1, 0.15) is 0 Å². The van der Waals surface area contributed by atoms with Crippen LogP contribution in [0.15, 0.2) is 24.3 Å². The largest absolute Gasteiger partial charge is 0.312 e. The lowest BCUT2D eigenvalue weighted by Gasteiger charge is -2.14. The summed E-state index contributed by atoms with van der Waals surface area (Å²) in [5.41, 5.74) is 1.96. The minimum absolute atomic E-state index is 0.753. The van der Waals surface area contributed by atoms with E-state index < -0.39 is 0 Å². The topological polar surface area (TPSA) is 35.8 Å². The Morgan fingerprint density at radius 2 is 1.94 bits per heavy atom. The molecule has 1 aliphatic carbocycles. The SMILES string of the molecule is N#Cc1cccc(CNCC2CCCCCC2)c1. The lowest BCUT2D eigenvalue weighted by Crippen LogP contribution is -2.22. The quantitative estimate of drug-likeness (QED) is 0.819. The van der Waals surface area contributed by atoms with Crippen molar-refractivity contribution in [3.05, 3.63) is 35.4 Å². The van der Waals surface area contributed by atoms with Crippen LogP contribution in [0.4, 0.5) is 0 Å². The molecule has 0 spiro atoms. The van der Waals surface area contributed by atoms with Crippen molar-refractivity contribution in [1.29, 1.82) is 5.26 Å². The lowest BCUT2D eigenvalue weighted by atomic mass is 10.0. The summed E-state index contributed by atoms with van der Waals surface area (Å²) in [6.45, 7) is 2.00. The van der Waals surface area contributed by atoms with E-state index in [0.717, 1.165) is 24.6 Å². The van der Waals surface area contributed by atoms with Crippen molar-refractivity contribution < 1.29 is 0 Å². The molecule has 1 aromatic rings. The highest BCUT2D eigenvalue weighted by molar-refractivity contribution is 5.32. The second-order valence-corrected chi connectivity index (χ2v) is 5.30. The van der Waals surface area contributed by atoms with Crippen molar-refractivity contribution in [1.82, 2.24) is 5.32 Å². The third-order valence-electron chi connectivity index (χ3n) is 3.79. The minimum atomic E-state index is 0.753. The zero-order chi connectivity index (χ0) is 12.6. The van der Waals surface area contributed by atoms with Crippen LogP contribution in [0.5, 0.6) is 0 Å². The number of nitrogens with one attached hydrogen (secondary N) is 1. The summed E-state index contributed by atoms with van der Waals surface area (Å²) in [5, 5.41) is 12.4. The average molecular weight is 242 g/mol. The fraction of sp³-hybridized carbons (Fsp3) is 0.562. The first-order valence-corrected chi connectivity index (χ1v) is 7.08. The number of hydrogen-bond acceptors (Lipinski definition) is 2. The molecule has 18 heavy (non-hydrogen) atoms. The van der Waals surface area contributed by atoms with Crippen LogP contribution in [-0.2, 0) is 6.54 Å². The maximum Gasteiger partial charge on any atom is 0.0991 e. The van der Waals surface area contributed by atoms with Gasteiger partial charge >= 0.3 is 0 Å². The van der Waals surface area contributed by atoms with Gasteiger partial charge in [0, 0.05) is 6.54 Å². The van der Waals surface area contributed by atoms with E-state index in [-0.39, 0.29) is 0 Å². The molecule has 0 aromatic heterocycles. The molecule has 1 aliphatic rings. The Morgan fingerprint density at radius 1 is 1.17 bits per heavy atom. The summed E-state index contributed by atoms with van der Waals surface area (Å²) in [5.74, 6) is 0.853. The molecule has 0 radical (unpaired) electrons. The molecule has 1 N–H and O–H groups in total. The van der Waals surface area contributed by atoms with Crippen LogP contribution in [-0.4, -0.2) is 6.54 Å². The van der Waals surface area contributed by atoms with Crippen molar-refractivity contribution in [2.45, 2.75) is 45.1 Å². The Kier molecular flexibility index (Phi) is 5.23. The second kappa shape index (κ2) is 7.18. The Balaban J connectivity index is 1.75. The van der Waals surface area contributed by atoms with E-state index >= 15 is 0 Å². The first-order valence-electron chi connectivity index (χ1n) is 7.08. The second-order valence-electron chi connectivity index (χ2n) is 5.30. The van der Waals surface area contributed by atoms with Gasteiger partial charge in [0.05, 0.1) is 11.6 Å². The fourth-order valence-corrected chi connectivity index (χ4v) is 2.74. The summed E-state index contributed by atoms with van der Waals surface area (Å²) in [7, 11) is 0. The fourth-order valence-electron chi connectivity index (χ4n) is 2.74. The van der Waals surface area contributed by atoms with Gasteiger partial charge in [-0.15, -0.1) is 0 Å². The summed E-state index contributed by atoms with van der Waals surface area (Å²) < 4.78 is 0. The van der Waals surface area contributed by atoms with Crippen LogP contribution in [0, 0.1) is 17.2 Å². The summed E-state index contributed by atoms with van der Waals surface area (Å²) in [4.78, 5) is 0. The Labute approximate surface area is 110 Å². The highest BCUT2D eigenvalue weighted by Crippen LogP contribution is 2.22. The molecule has 1 aromatic carbocycles. The van der Waals surface area contributed by atoms with Gasteiger partial charge in [0.15, 0.2) is 0 Å². The molecule has 1 saturated carbocycles. The molecule has 2 rings (SSSR count). The standard InChI is InChI=1S/C16H22N2/c17-11-15-8-5-9-16(10-15)13-18-12-14-6-3-1-2-4-7-14/h5,8-10,14,18H,1-4,6-7,12-13H2. The highest BCUT2D eigenvalue weighted by Gasteiger charge is 2.11. The molecule has 96 valence electrons. The van der Waals surface area contributed by atoms with Gasteiger partial charge in [-0.3, -0.25) is 0 Å². The third-order valence-corrected chi connectivity index (χ3v) is 3.79. The normalized spacial score (nSPS) is 17.1. The van der Waals surface area contributed by atoms with E-state index in [0.29, 0.717) is 0 Å². The van der Waals surface area contributed by atoms with Gasteiger partial charge in [-0.05, 0) is 43.0 Å². The van der Waals surface area contributed by atoms with E-state index in [1.54, 1.807) is 0 Å². The van der Waals surface area contributed by atoms with E-state index in [4.69, 9.17) is 5.26 Å². The van der Waals surface area contributed by atoms with Gasteiger partial charge in [-0.25, -0.2) is 0 Å². The van der Waals surface area contributed by atoms with Crippen LogP contribution in [0.25, 0.3) is 0 Å². The van der Waals surface area contributed by atoms with Crippen molar-refractivity contribution >= 4 is 0 Å². The van der Waals surface area contributed by atoms with Crippen molar-refractivity contribution in [3.63, 3.8) is 0 Å². The molecule has 0 heterocycles. The first kappa shape index (κ1) is 13.1. The van der Waals surface area contributed by atoms with Crippen LogP contribution in [0.2, 0.25) is 0 Å². The molecule has 2 nitrogen and oxygen atoms in total. The number of rotatable bonds is 4. The van der Waals surface area contributed by atoms with Crippen molar-refractivity contribution in [3.8, 4) is 6.07 Å². The van der Waals surface area contributed by atoms with Crippen LogP contribution in [0.3, 0.4) is 0 Å². The van der Waals surface area contributed by atoms with Gasteiger partial charge < -0.3 is 5.32 Å². The lowest BCUT2D eigenvalue weighted by molar-refractivity contribution is 0.425. The maximum absolute atomic E-state index is 8.85. The molecule has 2 heteroatoms. The van der Waals surface area contributed by atoms with Crippen molar-refractivity contribution in [2.24, 2.45) is 5.92 Å². The number of benzene rings is 1. The third kappa shape index (κ3) is 4.16. The molecule has 0 saturated heterocycles. The van der Waals surface area contributed by atoms with E-state index in [9.17, 15) is 0 Å². The van der Waals surface area contributed by atoms with Crippen LogP contribution < -0.4 is 5.32 Å². The number of hydrogen-bond donors (Lipinski definition) is 1. The Morgan fingerprint density at radius 3 is 2.67 bits per heavy atom.